The Morgan fingerprint density at radius 2 is 2.25 bits per heavy atom. The summed E-state index contributed by atoms with van der Waals surface area (Å²) in [5.41, 5.74) is 1.01. The molecule has 0 bridgehead atoms. The molecule has 1 aliphatic carbocycles. The highest BCUT2D eigenvalue weighted by Gasteiger charge is 2.14. The summed E-state index contributed by atoms with van der Waals surface area (Å²) < 4.78 is 5.37. The molecule has 1 atom stereocenters. The molecule has 0 aliphatic heterocycles. The molecule has 2 heterocycles. The molecule has 1 aliphatic rings. The van der Waals surface area contributed by atoms with Gasteiger partial charge in [-0.1, -0.05) is 48.0 Å². The van der Waals surface area contributed by atoms with E-state index >= 15 is 0 Å². The number of rotatable bonds is 3. The lowest BCUT2D eigenvalue weighted by atomic mass is 10.1. The molecule has 2 aromatic heterocycles. The molecule has 0 saturated carbocycles. The maximum Gasteiger partial charge on any atom is 0.345 e. The molecular weight excluding hydrogens is 344 g/mol. The Morgan fingerprint density at radius 3 is 3.08 bits per heavy atom. The van der Waals surface area contributed by atoms with Crippen molar-refractivity contribution in [3.63, 3.8) is 0 Å². The summed E-state index contributed by atoms with van der Waals surface area (Å²) >= 11 is 7.54. The number of thiazole rings is 1. The van der Waals surface area contributed by atoms with Crippen LogP contribution >= 0.6 is 22.9 Å². The number of hydrogen-bond donors (Lipinski definition) is 1. The number of anilines is 1. The number of benzene rings is 1. The fraction of sp³-hybridized carbons (Fsp3) is 0.111. The number of aromatic nitrogens is 1. The van der Waals surface area contributed by atoms with E-state index in [4.69, 9.17) is 16.0 Å². The van der Waals surface area contributed by atoms with Crippen LogP contribution in [-0.4, -0.2) is 11.0 Å². The van der Waals surface area contributed by atoms with Crippen LogP contribution in [0.25, 0.3) is 22.2 Å². The van der Waals surface area contributed by atoms with Crippen LogP contribution in [0.3, 0.4) is 0 Å². The highest BCUT2D eigenvalue weighted by molar-refractivity contribution is 7.14. The van der Waals surface area contributed by atoms with Gasteiger partial charge in [-0.2, -0.15) is 0 Å². The number of nitrogens with one attached hydrogen (secondary N) is 1. The lowest BCUT2D eigenvalue weighted by molar-refractivity contribution is 0.563. The van der Waals surface area contributed by atoms with Crippen LogP contribution in [-0.2, 0) is 0 Å². The average molecular weight is 357 g/mol. The first-order valence-electron chi connectivity index (χ1n) is 7.49. The van der Waals surface area contributed by atoms with E-state index in [2.05, 4.69) is 22.5 Å². The smallest absolute Gasteiger partial charge is 0.345 e. The topological polar surface area (TPSA) is 55.1 Å². The van der Waals surface area contributed by atoms with Gasteiger partial charge in [-0.05, 0) is 18.6 Å². The van der Waals surface area contributed by atoms with E-state index in [1.165, 1.54) is 11.3 Å². The number of fused-ring (bicyclic) bond motifs is 1. The van der Waals surface area contributed by atoms with Crippen LogP contribution in [0, 0.1) is 0 Å². The highest BCUT2D eigenvalue weighted by atomic mass is 35.5. The van der Waals surface area contributed by atoms with Crippen molar-refractivity contribution < 1.29 is 4.42 Å². The van der Waals surface area contributed by atoms with Crippen molar-refractivity contribution in [2.75, 3.05) is 5.32 Å². The highest BCUT2D eigenvalue weighted by Crippen LogP contribution is 2.28. The largest absolute Gasteiger partial charge is 0.421 e. The molecule has 4 rings (SSSR count). The minimum Gasteiger partial charge on any atom is -0.421 e. The molecule has 1 N–H and O–H groups in total. The van der Waals surface area contributed by atoms with Crippen LogP contribution in [0.2, 0.25) is 5.02 Å². The number of halogens is 1. The van der Waals surface area contributed by atoms with Gasteiger partial charge in [0.05, 0.1) is 22.3 Å². The van der Waals surface area contributed by atoms with Crippen molar-refractivity contribution in [1.82, 2.24) is 4.98 Å². The molecule has 4 nitrogen and oxygen atoms in total. The predicted molar refractivity (Wildman–Crippen MR) is 98.9 cm³/mol. The second kappa shape index (κ2) is 6.26. The van der Waals surface area contributed by atoms with Crippen molar-refractivity contribution in [3.8, 4) is 11.3 Å². The number of para-hydroxylation sites is 1. The van der Waals surface area contributed by atoms with E-state index in [0.717, 1.165) is 16.9 Å². The van der Waals surface area contributed by atoms with Crippen LogP contribution in [0.4, 0.5) is 5.13 Å². The zero-order valence-corrected chi connectivity index (χ0v) is 14.1. The van der Waals surface area contributed by atoms with Gasteiger partial charge in [-0.15, -0.1) is 11.3 Å². The van der Waals surface area contributed by atoms with E-state index in [0.29, 0.717) is 21.9 Å². The molecule has 0 fully saturated rings. The molecule has 0 amide bonds. The van der Waals surface area contributed by atoms with E-state index in [9.17, 15) is 4.79 Å². The summed E-state index contributed by atoms with van der Waals surface area (Å²) in [6, 6.07) is 7.38. The summed E-state index contributed by atoms with van der Waals surface area (Å²) in [7, 11) is 0. The van der Waals surface area contributed by atoms with Gasteiger partial charge in [-0.3, -0.25) is 0 Å². The molecular formula is C18H13ClN2O2S. The van der Waals surface area contributed by atoms with Crippen LogP contribution in [0.1, 0.15) is 6.42 Å². The minimum atomic E-state index is -0.437. The van der Waals surface area contributed by atoms with E-state index in [1.54, 1.807) is 12.1 Å². The summed E-state index contributed by atoms with van der Waals surface area (Å²) in [4.78, 5) is 16.8. The first-order chi connectivity index (χ1) is 11.7. The van der Waals surface area contributed by atoms with Crippen molar-refractivity contribution in [2.24, 2.45) is 0 Å². The SMILES string of the molecule is O=c1oc2c(Cl)cccc2cc1-c1csc(NC2C=CC=CC2)n1. The van der Waals surface area contributed by atoms with E-state index in [1.807, 2.05) is 29.7 Å². The van der Waals surface area contributed by atoms with Crippen molar-refractivity contribution >= 4 is 39.0 Å². The van der Waals surface area contributed by atoms with Crippen LogP contribution < -0.4 is 10.9 Å². The van der Waals surface area contributed by atoms with Crippen LogP contribution in [0.15, 0.2) is 63.2 Å². The minimum absolute atomic E-state index is 0.223. The van der Waals surface area contributed by atoms with Crippen molar-refractivity contribution in [2.45, 2.75) is 12.5 Å². The third-order valence-corrected chi connectivity index (χ3v) is 4.85. The van der Waals surface area contributed by atoms with E-state index < -0.39 is 5.63 Å². The van der Waals surface area contributed by atoms with Crippen molar-refractivity contribution in [3.05, 3.63) is 69.4 Å². The standard InChI is InChI=1S/C18H13ClN2O2S/c19-14-8-4-5-11-9-13(17(22)23-16(11)14)15-10-24-18(21-15)20-12-6-2-1-3-7-12/h1-6,8-10,12H,7H2,(H,20,21). The Balaban J connectivity index is 1.68. The van der Waals surface area contributed by atoms with Gasteiger partial charge in [0.25, 0.3) is 0 Å². The molecule has 1 unspecified atom stereocenters. The third kappa shape index (κ3) is 2.88. The van der Waals surface area contributed by atoms with Gasteiger partial charge < -0.3 is 9.73 Å². The van der Waals surface area contributed by atoms with Crippen LogP contribution in [0.5, 0.6) is 0 Å². The first kappa shape index (κ1) is 15.2. The molecule has 120 valence electrons. The second-order valence-corrected chi connectivity index (χ2v) is 6.71. The predicted octanol–water partition coefficient (Wildman–Crippen LogP) is 4.87. The Bertz CT molecular complexity index is 1020. The Labute approximate surface area is 147 Å². The number of allylic oxidation sites excluding steroid dienone is 2. The number of hydrogen-bond acceptors (Lipinski definition) is 5. The fourth-order valence-corrected chi connectivity index (χ4v) is 3.59. The Hall–Kier alpha value is -2.37. The molecule has 1 aromatic carbocycles. The summed E-state index contributed by atoms with van der Waals surface area (Å²) in [5, 5.41) is 7.19. The Morgan fingerprint density at radius 1 is 1.33 bits per heavy atom. The first-order valence-corrected chi connectivity index (χ1v) is 8.74. The molecule has 0 spiro atoms. The zero-order chi connectivity index (χ0) is 16.5. The normalized spacial score (nSPS) is 16.6. The van der Waals surface area contributed by atoms with Gasteiger partial charge in [0, 0.05) is 10.8 Å². The molecule has 0 radical (unpaired) electrons. The van der Waals surface area contributed by atoms with Gasteiger partial charge in [-0.25, -0.2) is 9.78 Å². The number of nitrogens with zero attached hydrogens (tertiary/aromatic N) is 1. The van der Waals surface area contributed by atoms with Gasteiger partial charge in [0.2, 0.25) is 0 Å². The maximum atomic E-state index is 12.3. The average Bonchev–Trinajstić information content (AvgIpc) is 3.04. The summed E-state index contributed by atoms with van der Waals surface area (Å²) in [6.07, 6.45) is 9.15. The second-order valence-electron chi connectivity index (χ2n) is 5.44. The van der Waals surface area contributed by atoms with Crippen molar-refractivity contribution in [1.29, 1.82) is 0 Å². The third-order valence-electron chi connectivity index (χ3n) is 3.78. The molecule has 24 heavy (non-hydrogen) atoms. The zero-order valence-electron chi connectivity index (χ0n) is 12.5. The fourth-order valence-electron chi connectivity index (χ4n) is 2.60. The maximum absolute atomic E-state index is 12.3. The summed E-state index contributed by atoms with van der Waals surface area (Å²) in [6.45, 7) is 0. The lowest BCUT2D eigenvalue weighted by Gasteiger charge is -2.13. The molecule has 6 heteroatoms. The molecule has 0 saturated heterocycles. The van der Waals surface area contributed by atoms with E-state index in [-0.39, 0.29) is 6.04 Å². The van der Waals surface area contributed by atoms with Gasteiger partial charge in [0.1, 0.15) is 0 Å². The summed E-state index contributed by atoms with van der Waals surface area (Å²) in [5.74, 6) is 0. The Kier molecular flexibility index (Phi) is 3.96. The quantitative estimate of drug-likeness (QED) is 0.680. The molecule has 3 aromatic rings. The lowest BCUT2D eigenvalue weighted by Crippen LogP contribution is -2.16. The van der Waals surface area contributed by atoms with Gasteiger partial charge in [0.15, 0.2) is 10.7 Å². The monoisotopic (exact) mass is 356 g/mol. The van der Waals surface area contributed by atoms with Gasteiger partial charge >= 0.3 is 5.63 Å².